The number of amides is 1. The highest BCUT2D eigenvalue weighted by molar-refractivity contribution is 5.91. The number of benzene rings is 1. The molecule has 1 aliphatic heterocycles. The quantitative estimate of drug-likeness (QED) is 0.390. The van der Waals surface area contributed by atoms with Gasteiger partial charge >= 0.3 is 0 Å². The van der Waals surface area contributed by atoms with Gasteiger partial charge in [0.25, 0.3) is 5.91 Å². The van der Waals surface area contributed by atoms with Gasteiger partial charge in [-0.3, -0.25) is 9.79 Å². The molecule has 0 aliphatic carbocycles. The molecule has 0 radical (unpaired) electrons. The number of ether oxygens (including phenoxy) is 2. The summed E-state index contributed by atoms with van der Waals surface area (Å²) in [6.07, 6.45) is 2.30. The van der Waals surface area contributed by atoms with Crippen LogP contribution in [-0.2, 0) is 6.42 Å². The zero-order valence-electron chi connectivity index (χ0n) is 14.6. The molecule has 0 unspecified atom stereocenters. The summed E-state index contributed by atoms with van der Waals surface area (Å²) in [5.74, 6) is 2.32. The molecule has 3 rings (SSSR count). The molecule has 1 aromatic carbocycles. The van der Waals surface area contributed by atoms with Gasteiger partial charge in [-0.2, -0.15) is 0 Å². The lowest BCUT2D eigenvalue weighted by Crippen LogP contribution is -2.42. The number of rotatable bonds is 7. The topological polar surface area (TPSA) is 97.1 Å². The normalized spacial score (nSPS) is 12.7. The van der Waals surface area contributed by atoms with E-state index < -0.39 is 0 Å². The van der Waals surface area contributed by atoms with Gasteiger partial charge in [0.05, 0.1) is 6.26 Å². The highest BCUT2D eigenvalue weighted by Gasteiger charge is 2.13. The SMILES string of the molecule is CN=C(NCCNC(=O)c1ccco1)NCCc1ccc2c(c1)OCO2. The van der Waals surface area contributed by atoms with Crippen LogP contribution in [0.4, 0.5) is 0 Å². The predicted octanol–water partition coefficient (Wildman–Crippen LogP) is 1.15. The Morgan fingerprint density at radius 2 is 1.88 bits per heavy atom. The first-order valence-electron chi connectivity index (χ1n) is 8.41. The lowest BCUT2D eigenvalue weighted by atomic mass is 10.1. The third-order valence-electron chi connectivity index (χ3n) is 3.81. The van der Waals surface area contributed by atoms with Gasteiger partial charge in [-0.05, 0) is 36.2 Å². The van der Waals surface area contributed by atoms with Crippen molar-refractivity contribution in [2.75, 3.05) is 33.5 Å². The molecule has 1 aromatic heterocycles. The molecule has 2 heterocycles. The fraction of sp³-hybridized carbons (Fsp3) is 0.333. The molecule has 26 heavy (non-hydrogen) atoms. The van der Waals surface area contributed by atoms with Crippen molar-refractivity contribution >= 4 is 11.9 Å². The van der Waals surface area contributed by atoms with Gasteiger partial charge in [-0.1, -0.05) is 6.07 Å². The average molecular weight is 358 g/mol. The molecular formula is C18H22N4O4. The lowest BCUT2D eigenvalue weighted by Gasteiger charge is -2.12. The number of hydrogen-bond donors (Lipinski definition) is 3. The zero-order valence-corrected chi connectivity index (χ0v) is 14.6. The Morgan fingerprint density at radius 3 is 2.69 bits per heavy atom. The number of carbonyl (C=O) groups excluding carboxylic acids is 1. The average Bonchev–Trinajstić information content (AvgIpc) is 3.34. The molecule has 0 fully saturated rings. The molecule has 0 saturated carbocycles. The molecule has 8 nitrogen and oxygen atoms in total. The maximum Gasteiger partial charge on any atom is 0.287 e. The van der Waals surface area contributed by atoms with Gasteiger partial charge in [0, 0.05) is 26.7 Å². The van der Waals surface area contributed by atoms with Crippen LogP contribution in [-0.4, -0.2) is 45.3 Å². The number of nitrogens with one attached hydrogen (secondary N) is 3. The molecule has 0 bridgehead atoms. The van der Waals surface area contributed by atoms with Crippen LogP contribution in [0, 0.1) is 0 Å². The zero-order chi connectivity index (χ0) is 18.2. The van der Waals surface area contributed by atoms with Crippen molar-refractivity contribution in [3.63, 3.8) is 0 Å². The minimum atomic E-state index is -0.234. The molecule has 1 amide bonds. The Bertz CT molecular complexity index is 759. The molecular weight excluding hydrogens is 336 g/mol. The predicted molar refractivity (Wildman–Crippen MR) is 96.7 cm³/mol. The fourth-order valence-corrected chi connectivity index (χ4v) is 2.49. The summed E-state index contributed by atoms with van der Waals surface area (Å²) in [6, 6.07) is 9.24. The van der Waals surface area contributed by atoms with E-state index in [1.807, 2.05) is 18.2 Å². The van der Waals surface area contributed by atoms with Gasteiger partial charge in [0.2, 0.25) is 6.79 Å². The van der Waals surface area contributed by atoms with E-state index in [4.69, 9.17) is 13.9 Å². The highest BCUT2D eigenvalue weighted by Crippen LogP contribution is 2.32. The summed E-state index contributed by atoms with van der Waals surface area (Å²) in [6.45, 7) is 2.01. The maximum absolute atomic E-state index is 11.7. The second-order valence-corrected chi connectivity index (χ2v) is 5.60. The number of carbonyl (C=O) groups is 1. The smallest absolute Gasteiger partial charge is 0.287 e. The van der Waals surface area contributed by atoms with Crippen molar-refractivity contribution in [2.24, 2.45) is 4.99 Å². The van der Waals surface area contributed by atoms with E-state index in [2.05, 4.69) is 20.9 Å². The summed E-state index contributed by atoms with van der Waals surface area (Å²) in [4.78, 5) is 15.9. The van der Waals surface area contributed by atoms with Crippen molar-refractivity contribution < 1.29 is 18.7 Å². The Balaban J connectivity index is 1.34. The van der Waals surface area contributed by atoms with Crippen LogP contribution < -0.4 is 25.4 Å². The van der Waals surface area contributed by atoms with Crippen molar-refractivity contribution in [1.82, 2.24) is 16.0 Å². The van der Waals surface area contributed by atoms with Crippen molar-refractivity contribution in [2.45, 2.75) is 6.42 Å². The largest absolute Gasteiger partial charge is 0.459 e. The van der Waals surface area contributed by atoms with Gasteiger partial charge in [0.15, 0.2) is 23.2 Å². The summed E-state index contributed by atoms with van der Waals surface area (Å²) < 4.78 is 15.7. The first kappa shape index (κ1) is 17.7. The summed E-state index contributed by atoms with van der Waals surface area (Å²) >= 11 is 0. The summed E-state index contributed by atoms with van der Waals surface area (Å²) in [5.41, 5.74) is 1.16. The van der Waals surface area contributed by atoms with E-state index in [1.54, 1.807) is 19.2 Å². The third-order valence-corrected chi connectivity index (χ3v) is 3.81. The summed E-state index contributed by atoms with van der Waals surface area (Å²) in [5, 5.41) is 9.15. The van der Waals surface area contributed by atoms with Crippen LogP contribution in [0.1, 0.15) is 16.1 Å². The fourth-order valence-electron chi connectivity index (χ4n) is 2.49. The van der Waals surface area contributed by atoms with Crippen molar-refractivity contribution in [3.8, 4) is 11.5 Å². The molecule has 1 aliphatic rings. The van der Waals surface area contributed by atoms with E-state index in [9.17, 15) is 4.79 Å². The van der Waals surface area contributed by atoms with Crippen LogP contribution in [0.25, 0.3) is 0 Å². The molecule has 3 N–H and O–H groups in total. The maximum atomic E-state index is 11.7. The van der Waals surface area contributed by atoms with Crippen LogP contribution in [0.5, 0.6) is 11.5 Å². The number of hydrogen-bond acceptors (Lipinski definition) is 5. The molecule has 138 valence electrons. The van der Waals surface area contributed by atoms with Crippen LogP contribution >= 0.6 is 0 Å². The minimum Gasteiger partial charge on any atom is -0.459 e. The lowest BCUT2D eigenvalue weighted by molar-refractivity contribution is 0.0926. The van der Waals surface area contributed by atoms with Crippen LogP contribution in [0.3, 0.4) is 0 Å². The van der Waals surface area contributed by atoms with E-state index in [-0.39, 0.29) is 12.7 Å². The highest BCUT2D eigenvalue weighted by atomic mass is 16.7. The second-order valence-electron chi connectivity index (χ2n) is 5.60. The van der Waals surface area contributed by atoms with Crippen molar-refractivity contribution in [3.05, 3.63) is 47.9 Å². The molecule has 0 spiro atoms. The van der Waals surface area contributed by atoms with Gasteiger partial charge < -0.3 is 29.8 Å². The van der Waals surface area contributed by atoms with Crippen LogP contribution in [0.15, 0.2) is 46.0 Å². The number of furan rings is 1. The van der Waals surface area contributed by atoms with E-state index >= 15 is 0 Å². The standard InChI is InChI=1S/C18H22N4O4/c1-19-18(22-9-8-20-17(23)15-3-2-10-24-15)21-7-6-13-4-5-14-16(11-13)26-12-25-14/h2-5,10-11H,6-9,12H2,1H3,(H,20,23)(H2,19,21,22). The minimum absolute atomic E-state index is 0.234. The van der Waals surface area contributed by atoms with E-state index in [0.29, 0.717) is 24.8 Å². The summed E-state index contributed by atoms with van der Waals surface area (Å²) in [7, 11) is 1.71. The third kappa shape index (κ3) is 4.69. The first-order chi connectivity index (χ1) is 12.8. The Labute approximate surface area is 151 Å². The van der Waals surface area contributed by atoms with E-state index in [0.717, 1.165) is 30.0 Å². The number of nitrogens with zero attached hydrogens (tertiary/aromatic N) is 1. The molecule has 2 aromatic rings. The molecule has 0 atom stereocenters. The number of guanidine groups is 1. The van der Waals surface area contributed by atoms with E-state index in [1.165, 1.54) is 6.26 Å². The Kier molecular flexibility index (Phi) is 5.97. The number of aliphatic imine (C=N–C) groups is 1. The monoisotopic (exact) mass is 358 g/mol. The van der Waals surface area contributed by atoms with Gasteiger partial charge in [0.1, 0.15) is 0 Å². The first-order valence-corrected chi connectivity index (χ1v) is 8.41. The van der Waals surface area contributed by atoms with Crippen LogP contribution in [0.2, 0.25) is 0 Å². The molecule has 0 saturated heterocycles. The van der Waals surface area contributed by atoms with Crippen molar-refractivity contribution in [1.29, 1.82) is 0 Å². The Hall–Kier alpha value is -3.16. The molecule has 8 heteroatoms. The Morgan fingerprint density at radius 1 is 1.08 bits per heavy atom. The number of fused-ring (bicyclic) bond motifs is 1. The van der Waals surface area contributed by atoms with Gasteiger partial charge in [-0.25, -0.2) is 0 Å². The van der Waals surface area contributed by atoms with Gasteiger partial charge in [-0.15, -0.1) is 0 Å². The second kappa shape index (κ2) is 8.80.